The lowest BCUT2D eigenvalue weighted by molar-refractivity contribution is 0.0996. The van der Waals surface area contributed by atoms with Crippen molar-refractivity contribution in [1.29, 1.82) is 0 Å². The number of rotatable bonds is 7. The first-order valence-corrected chi connectivity index (χ1v) is 7.99. The Bertz CT molecular complexity index is 832. The van der Waals surface area contributed by atoms with Crippen molar-refractivity contribution >= 4 is 5.91 Å². The third-order valence-electron chi connectivity index (χ3n) is 3.70. The van der Waals surface area contributed by atoms with Crippen molar-refractivity contribution in [2.45, 2.75) is 13.2 Å². The lowest BCUT2D eigenvalue weighted by Crippen LogP contribution is -2.13. The Morgan fingerprint density at radius 3 is 1.88 bits per heavy atom. The van der Waals surface area contributed by atoms with Crippen LogP contribution in [0.3, 0.4) is 0 Å². The minimum atomic E-state index is -0.530. The molecule has 0 unspecified atom stereocenters. The monoisotopic (exact) mass is 333 g/mol. The standard InChI is InChI=1S/C21H19NO3/c22-21(23)19-12-11-18(24-14-16-7-3-1-4-8-16)13-20(19)25-15-17-9-5-2-6-10-17/h1-13H,14-15H2,(H2,22,23). The third-order valence-corrected chi connectivity index (χ3v) is 3.70. The second-order valence-corrected chi connectivity index (χ2v) is 5.57. The van der Waals surface area contributed by atoms with Crippen LogP contribution in [0.1, 0.15) is 21.5 Å². The number of benzene rings is 3. The Morgan fingerprint density at radius 2 is 1.32 bits per heavy atom. The molecule has 0 atom stereocenters. The smallest absolute Gasteiger partial charge is 0.252 e. The van der Waals surface area contributed by atoms with Crippen LogP contribution in [0.4, 0.5) is 0 Å². The lowest BCUT2D eigenvalue weighted by Gasteiger charge is -2.13. The summed E-state index contributed by atoms with van der Waals surface area (Å²) in [7, 11) is 0. The number of hydrogen-bond donors (Lipinski definition) is 1. The van der Waals surface area contributed by atoms with Gasteiger partial charge in [-0.05, 0) is 23.3 Å². The van der Waals surface area contributed by atoms with Crippen LogP contribution < -0.4 is 15.2 Å². The average Bonchev–Trinajstić information content (AvgIpc) is 2.66. The molecule has 0 bridgehead atoms. The first-order valence-electron chi connectivity index (χ1n) is 7.99. The van der Waals surface area contributed by atoms with E-state index in [1.165, 1.54) is 0 Å². The Labute approximate surface area is 146 Å². The summed E-state index contributed by atoms with van der Waals surface area (Å²) >= 11 is 0. The van der Waals surface area contributed by atoms with Gasteiger partial charge in [-0.2, -0.15) is 0 Å². The van der Waals surface area contributed by atoms with Gasteiger partial charge < -0.3 is 15.2 Å². The van der Waals surface area contributed by atoms with E-state index in [1.807, 2.05) is 60.7 Å². The van der Waals surface area contributed by atoms with Gasteiger partial charge in [-0.3, -0.25) is 4.79 Å². The fourth-order valence-electron chi connectivity index (χ4n) is 2.39. The molecule has 0 saturated heterocycles. The largest absolute Gasteiger partial charge is 0.489 e. The van der Waals surface area contributed by atoms with Crippen LogP contribution >= 0.6 is 0 Å². The third kappa shape index (κ3) is 4.61. The summed E-state index contributed by atoms with van der Waals surface area (Å²) in [5, 5.41) is 0. The SMILES string of the molecule is NC(=O)c1ccc(OCc2ccccc2)cc1OCc1ccccc1. The molecule has 0 saturated carbocycles. The summed E-state index contributed by atoms with van der Waals surface area (Å²) in [6.07, 6.45) is 0. The van der Waals surface area contributed by atoms with E-state index in [4.69, 9.17) is 15.2 Å². The van der Waals surface area contributed by atoms with E-state index in [0.29, 0.717) is 30.3 Å². The highest BCUT2D eigenvalue weighted by atomic mass is 16.5. The van der Waals surface area contributed by atoms with Crippen LogP contribution in [0, 0.1) is 0 Å². The average molecular weight is 333 g/mol. The highest BCUT2D eigenvalue weighted by molar-refractivity contribution is 5.95. The molecule has 1 amide bonds. The van der Waals surface area contributed by atoms with E-state index in [9.17, 15) is 4.79 Å². The topological polar surface area (TPSA) is 61.6 Å². The van der Waals surface area contributed by atoms with Crippen LogP contribution in [0.25, 0.3) is 0 Å². The summed E-state index contributed by atoms with van der Waals surface area (Å²) in [5.41, 5.74) is 7.85. The number of primary amides is 1. The number of carbonyl (C=O) groups excluding carboxylic acids is 1. The number of hydrogen-bond acceptors (Lipinski definition) is 3. The summed E-state index contributed by atoms with van der Waals surface area (Å²) in [4.78, 5) is 11.6. The van der Waals surface area contributed by atoms with Crippen LogP contribution in [-0.4, -0.2) is 5.91 Å². The number of ether oxygens (including phenoxy) is 2. The van der Waals surface area contributed by atoms with E-state index >= 15 is 0 Å². The zero-order chi connectivity index (χ0) is 17.5. The van der Waals surface area contributed by atoms with Gasteiger partial charge in [0.2, 0.25) is 0 Å². The van der Waals surface area contributed by atoms with Crippen molar-refractivity contribution in [3.8, 4) is 11.5 Å². The molecule has 126 valence electrons. The second-order valence-electron chi connectivity index (χ2n) is 5.57. The first-order chi connectivity index (χ1) is 12.2. The van der Waals surface area contributed by atoms with Crippen molar-refractivity contribution in [2.75, 3.05) is 0 Å². The van der Waals surface area contributed by atoms with E-state index in [1.54, 1.807) is 18.2 Å². The Hall–Kier alpha value is -3.27. The van der Waals surface area contributed by atoms with Gasteiger partial charge in [-0.1, -0.05) is 60.7 Å². The van der Waals surface area contributed by atoms with E-state index < -0.39 is 5.91 Å². The highest BCUT2D eigenvalue weighted by Crippen LogP contribution is 2.26. The molecule has 0 heterocycles. The number of carbonyl (C=O) groups is 1. The number of nitrogens with two attached hydrogens (primary N) is 1. The Morgan fingerprint density at radius 1 is 0.760 bits per heavy atom. The molecule has 0 aromatic heterocycles. The predicted octanol–water partition coefficient (Wildman–Crippen LogP) is 3.94. The zero-order valence-corrected chi connectivity index (χ0v) is 13.7. The number of amides is 1. The summed E-state index contributed by atoms with van der Waals surface area (Å²) in [6, 6.07) is 24.6. The van der Waals surface area contributed by atoms with Gasteiger partial charge in [0.05, 0.1) is 5.56 Å². The molecule has 3 aromatic carbocycles. The molecule has 0 aliphatic carbocycles. The summed E-state index contributed by atoms with van der Waals surface area (Å²) in [5.74, 6) is 0.511. The quantitative estimate of drug-likeness (QED) is 0.712. The molecule has 25 heavy (non-hydrogen) atoms. The molecule has 4 heteroatoms. The van der Waals surface area contributed by atoms with Gasteiger partial charge >= 0.3 is 0 Å². The molecule has 3 rings (SSSR count). The minimum Gasteiger partial charge on any atom is -0.489 e. The Balaban J connectivity index is 1.73. The normalized spacial score (nSPS) is 10.2. The van der Waals surface area contributed by atoms with Crippen LogP contribution in [-0.2, 0) is 13.2 Å². The molecule has 0 radical (unpaired) electrons. The Kier molecular flexibility index (Phi) is 5.32. The van der Waals surface area contributed by atoms with Crippen molar-refractivity contribution in [3.05, 3.63) is 95.6 Å². The van der Waals surface area contributed by atoms with Gasteiger partial charge in [0, 0.05) is 6.07 Å². The maximum absolute atomic E-state index is 11.6. The maximum atomic E-state index is 11.6. The molecule has 0 aliphatic rings. The van der Waals surface area contributed by atoms with Crippen molar-refractivity contribution in [2.24, 2.45) is 5.73 Å². The van der Waals surface area contributed by atoms with E-state index in [0.717, 1.165) is 11.1 Å². The molecule has 3 aromatic rings. The first kappa shape index (κ1) is 16.6. The summed E-state index contributed by atoms with van der Waals surface area (Å²) < 4.78 is 11.6. The van der Waals surface area contributed by atoms with Crippen LogP contribution in [0.15, 0.2) is 78.9 Å². The predicted molar refractivity (Wildman–Crippen MR) is 96.5 cm³/mol. The van der Waals surface area contributed by atoms with Crippen molar-refractivity contribution in [3.63, 3.8) is 0 Å². The highest BCUT2D eigenvalue weighted by Gasteiger charge is 2.11. The minimum absolute atomic E-state index is 0.336. The van der Waals surface area contributed by atoms with Gasteiger partial charge in [-0.25, -0.2) is 0 Å². The lowest BCUT2D eigenvalue weighted by atomic mass is 10.1. The van der Waals surface area contributed by atoms with Gasteiger partial charge in [0.1, 0.15) is 24.7 Å². The molecule has 0 aliphatic heterocycles. The molecule has 0 fully saturated rings. The van der Waals surface area contributed by atoms with E-state index in [-0.39, 0.29) is 0 Å². The second kappa shape index (κ2) is 8.02. The van der Waals surface area contributed by atoms with Crippen molar-refractivity contribution < 1.29 is 14.3 Å². The maximum Gasteiger partial charge on any atom is 0.252 e. The fourth-order valence-corrected chi connectivity index (χ4v) is 2.39. The zero-order valence-electron chi connectivity index (χ0n) is 13.7. The molecular weight excluding hydrogens is 314 g/mol. The summed E-state index contributed by atoms with van der Waals surface area (Å²) in [6.45, 7) is 0.790. The molecule has 2 N–H and O–H groups in total. The van der Waals surface area contributed by atoms with Gasteiger partial charge in [-0.15, -0.1) is 0 Å². The van der Waals surface area contributed by atoms with Gasteiger partial charge in [0.15, 0.2) is 0 Å². The molecular formula is C21H19NO3. The fraction of sp³-hybridized carbons (Fsp3) is 0.0952. The molecule has 4 nitrogen and oxygen atoms in total. The van der Waals surface area contributed by atoms with Crippen LogP contribution in [0.2, 0.25) is 0 Å². The van der Waals surface area contributed by atoms with Crippen LogP contribution in [0.5, 0.6) is 11.5 Å². The molecule has 0 spiro atoms. The van der Waals surface area contributed by atoms with Gasteiger partial charge in [0.25, 0.3) is 5.91 Å². The van der Waals surface area contributed by atoms with E-state index in [2.05, 4.69) is 0 Å². The van der Waals surface area contributed by atoms with Crippen molar-refractivity contribution in [1.82, 2.24) is 0 Å².